The van der Waals surface area contributed by atoms with Crippen molar-refractivity contribution in [2.75, 3.05) is 18.0 Å². The highest BCUT2D eigenvalue weighted by Gasteiger charge is 2.13. The van der Waals surface area contributed by atoms with Crippen LogP contribution in [0.3, 0.4) is 0 Å². The van der Waals surface area contributed by atoms with Crippen LogP contribution in [0.2, 0.25) is 0 Å². The molecule has 2 aromatic rings. The average Bonchev–Trinajstić information content (AvgIpc) is 2.74. The maximum atomic E-state index is 2.50. The number of nitrogens with zero attached hydrogens (tertiary/aromatic N) is 2. The van der Waals surface area contributed by atoms with Gasteiger partial charge in [-0.1, -0.05) is 6.07 Å². The van der Waals surface area contributed by atoms with Gasteiger partial charge in [0.05, 0.1) is 0 Å². The van der Waals surface area contributed by atoms with Gasteiger partial charge in [0.1, 0.15) is 5.82 Å². The second kappa shape index (κ2) is 3.61. The highest BCUT2D eigenvalue weighted by molar-refractivity contribution is 5.58. The molecule has 0 aliphatic carbocycles. The SMILES string of the molecule is c1ccn2c(N3CCCCC3)ccc2c1. The first-order valence-corrected chi connectivity index (χ1v) is 5.76. The van der Waals surface area contributed by atoms with Crippen molar-refractivity contribution >= 4 is 11.3 Å². The zero-order chi connectivity index (χ0) is 10.1. The number of anilines is 1. The number of fused-ring (bicyclic) bond motifs is 1. The van der Waals surface area contributed by atoms with Gasteiger partial charge >= 0.3 is 0 Å². The summed E-state index contributed by atoms with van der Waals surface area (Å²) in [5.41, 5.74) is 1.29. The normalized spacial score (nSPS) is 17.2. The number of hydrogen-bond acceptors (Lipinski definition) is 1. The van der Waals surface area contributed by atoms with Crippen LogP contribution in [0.5, 0.6) is 0 Å². The van der Waals surface area contributed by atoms with Crippen LogP contribution in [0.4, 0.5) is 5.82 Å². The van der Waals surface area contributed by atoms with Crippen LogP contribution in [-0.4, -0.2) is 17.5 Å². The fourth-order valence-corrected chi connectivity index (χ4v) is 2.42. The maximum absolute atomic E-state index is 2.50. The Balaban J connectivity index is 2.02. The fraction of sp³-hybridized carbons (Fsp3) is 0.385. The standard InChI is InChI=1S/C13H16N2/c1-3-9-14(10-4-1)13-8-7-12-6-2-5-11-15(12)13/h2,5-8,11H,1,3-4,9-10H2. The summed E-state index contributed by atoms with van der Waals surface area (Å²) in [6, 6.07) is 10.8. The van der Waals surface area contributed by atoms with Crippen LogP contribution in [0, 0.1) is 0 Å². The molecule has 0 N–H and O–H groups in total. The number of rotatable bonds is 1. The van der Waals surface area contributed by atoms with E-state index in [-0.39, 0.29) is 0 Å². The van der Waals surface area contributed by atoms with E-state index in [1.54, 1.807) is 0 Å². The van der Waals surface area contributed by atoms with Gasteiger partial charge in [-0.25, -0.2) is 0 Å². The van der Waals surface area contributed by atoms with Crippen molar-refractivity contribution in [2.45, 2.75) is 19.3 Å². The van der Waals surface area contributed by atoms with Crippen LogP contribution in [0.1, 0.15) is 19.3 Å². The molecule has 1 saturated heterocycles. The summed E-state index contributed by atoms with van der Waals surface area (Å²) in [6.45, 7) is 2.42. The molecule has 2 heteroatoms. The average molecular weight is 200 g/mol. The van der Waals surface area contributed by atoms with Crippen LogP contribution in [0.15, 0.2) is 36.5 Å². The lowest BCUT2D eigenvalue weighted by Gasteiger charge is -2.28. The van der Waals surface area contributed by atoms with E-state index in [1.165, 1.54) is 43.7 Å². The Kier molecular flexibility index (Phi) is 2.13. The Labute approximate surface area is 90.1 Å². The van der Waals surface area contributed by atoms with Crippen LogP contribution in [0.25, 0.3) is 5.52 Å². The van der Waals surface area contributed by atoms with E-state index in [1.807, 2.05) is 0 Å². The highest BCUT2D eigenvalue weighted by atomic mass is 15.2. The van der Waals surface area contributed by atoms with Gasteiger partial charge in [-0.05, 0) is 43.5 Å². The molecule has 1 fully saturated rings. The molecule has 0 atom stereocenters. The fourth-order valence-electron chi connectivity index (χ4n) is 2.42. The molecule has 0 amide bonds. The van der Waals surface area contributed by atoms with Crippen LogP contribution in [-0.2, 0) is 0 Å². The Morgan fingerprint density at radius 3 is 2.60 bits per heavy atom. The van der Waals surface area contributed by atoms with Crippen molar-refractivity contribution in [3.63, 3.8) is 0 Å². The summed E-state index contributed by atoms with van der Waals surface area (Å²) in [4.78, 5) is 2.50. The third kappa shape index (κ3) is 1.50. The molecule has 0 aromatic carbocycles. The molecule has 2 aromatic heterocycles. The minimum atomic E-state index is 1.21. The summed E-state index contributed by atoms with van der Waals surface area (Å²) in [5, 5.41) is 0. The zero-order valence-corrected chi connectivity index (χ0v) is 8.89. The molecule has 1 aliphatic heterocycles. The summed E-state index contributed by atoms with van der Waals surface area (Å²) in [5.74, 6) is 1.35. The number of aromatic nitrogens is 1. The molecular weight excluding hydrogens is 184 g/mol. The molecule has 0 unspecified atom stereocenters. The van der Waals surface area contributed by atoms with E-state index in [4.69, 9.17) is 0 Å². The van der Waals surface area contributed by atoms with Gasteiger partial charge in [-0.15, -0.1) is 0 Å². The Bertz CT molecular complexity index is 452. The minimum Gasteiger partial charge on any atom is -0.358 e. The van der Waals surface area contributed by atoms with Crippen molar-refractivity contribution in [2.24, 2.45) is 0 Å². The van der Waals surface area contributed by atoms with Crippen molar-refractivity contribution in [1.82, 2.24) is 4.40 Å². The molecule has 0 spiro atoms. The van der Waals surface area contributed by atoms with Gasteiger partial charge in [-0.3, -0.25) is 0 Å². The summed E-state index contributed by atoms with van der Waals surface area (Å²) < 4.78 is 2.28. The molecule has 0 radical (unpaired) electrons. The second-order valence-electron chi connectivity index (χ2n) is 4.23. The lowest BCUT2D eigenvalue weighted by atomic mass is 10.1. The third-order valence-corrected chi connectivity index (χ3v) is 3.22. The van der Waals surface area contributed by atoms with Gasteiger partial charge in [0.15, 0.2) is 0 Å². The number of pyridine rings is 1. The summed E-state index contributed by atoms with van der Waals surface area (Å²) in [6.07, 6.45) is 6.21. The Hall–Kier alpha value is -1.44. The molecule has 0 bridgehead atoms. The van der Waals surface area contributed by atoms with E-state index in [9.17, 15) is 0 Å². The molecule has 1 aliphatic rings. The maximum Gasteiger partial charge on any atom is 0.113 e. The first-order chi connectivity index (χ1) is 7.45. The lowest BCUT2D eigenvalue weighted by molar-refractivity contribution is 0.572. The summed E-state index contributed by atoms with van der Waals surface area (Å²) >= 11 is 0. The van der Waals surface area contributed by atoms with Gasteiger partial charge < -0.3 is 9.30 Å². The van der Waals surface area contributed by atoms with Gasteiger partial charge in [-0.2, -0.15) is 0 Å². The van der Waals surface area contributed by atoms with Gasteiger partial charge in [0.25, 0.3) is 0 Å². The predicted octanol–water partition coefficient (Wildman–Crippen LogP) is 2.93. The molecule has 3 rings (SSSR count). The van der Waals surface area contributed by atoms with E-state index >= 15 is 0 Å². The predicted molar refractivity (Wildman–Crippen MR) is 63.5 cm³/mol. The monoisotopic (exact) mass is 200 g/mol. The second-order valence-corrected chi connectivity index (χ2v) is 4.23. The molecule has 78 valence electrons. The third-order valence-electron chi connectivity index (χ3n) is 3.22. The van der Waals surface area contributed by atoms with Gasteiger partial charge in [0.2, 0.25) is 0 Å². The Morgan fingerprint density at radius 1 is 0.867 bits per heavy atom. The molecule has 15 heavy (non-hydrogen) atoms. The summed E-state index contributed by atoms with van der Waals surface area (Å²) in [7, 11) is 0. The Morgan fingerprint density at radius 2 is 1.73 bits per heavy atom. The van der Waals surface area contributed by atoms with Crippen molar-refractivity contribution in [1.29, 1.82) is 0 Å². The van der Waals surface area contributed by atoms with E-state index in [0.29, 0.717) is 0 Å². The highest BCUT2D eigenvalue weighted by Crippen LogP contribution is 2.22. The first kappa shape index (κ1) is 8.84. The quantitative estimate of drug-likeness (QED) is 0.687. The van der Waals surface area contributed by atoms with Gasteiger partial charge in [0, 0.05) is 24.8 Å². The van der Waals surface area contributed by atoms with Crippen molar-refractivity contribution < 1.29 is 0 Å². The van der Waals surface area contributed by atoms with E-state index in [2.05, 4.69) is 45.8 Å². The lowest BCUT2D eigenvalue weighted by Crippen LogP contribution is -2.30. The minimum absolute atomic E-state index is 1.21. The van der Waals surface area contributed by atoms with Crippen molar-refractivity contribution in [3.8, 4) is 0 Å². The number of hydrogen-bond donors (Lipinski definition) is 0. The van der Waals surface area contributed by atoms with Crippen molar-refractivity contribution in [3.05, 3.63) is 36.5 Å². The molecule has 3 heterocycles. The van der Waals surface area contributed by atoms with Crippen LogP contribution >= 0.6 is 0 Å². The largest absolute Gasteiger partial charge is 0.358 e. The van der Waals surface area contributed by atoms with Crippen LogP contribution < -0.4 is 4.90 Å². The molecule has 2 nitrogen and oxygen atoms in total. The topological polar surface area (TPSA) is 7.65 Å². The smallest absolute Gasteiger partial charge is 0.113 e. The van der Waals surface area contributed by atoms with E-state index in [0.717, 1.165) is 0 Å². The number of piperidine rings is 1. The molecule has 0 saturated carbocycles. The van der Waals surface area contributed by atoms with E-state index < -0.39 is 0 Å². The zero-order valence-electron chi connectivity index (χ0n) is 8.89. The first-order valence-electron chi connectivity index (χ1n) is 5.76. The molecular formula is C13H16N2.